The number of benzene rings is 1. The van der Waals surface area contributed by atoms with Gasteiger partial charge in [0.15, 0.2) is 0 Å². The molecular formula is C15H20ClNO2. The fraction of sp³-hybridized carbons (Fsp3) is 0.533. The molecule has 0 bridgehead atoms. The first kappa shape index (κ1) is 14.4. The molecule has 1 N–H and O–H groups in total. The van der Waals surface area contributed by atoms with Crippen molar-refractivity contribution in [2.45, 2.75) is 32.8 Å². The van der Waals surface area contributed by atoms with E-state index < -0.39 is 5.60 Å². The van der Waals surface area contributed by atoms with Gasteiger partial charge in [0.1, 0.15) is 0 Å². The normalized spacial score (nSPS) is 19.8. The van der Waals surface area contributed by atoms with Gasteiger partial charge in [-0.2, -0.15) is 0 Å². The van der Waals surface area contributed by atoms with Gasteiger partial charge in [0, 0.05) is 19.0 Å². The maximum atomic E-state index is 12.5. The largest absolute Gasteiger partial charge is 0.390 e. The Morgan fingerprint density at radius 3 is 2.68 bits per heavy atom. The van der Waals surface area contributed by atoms with Crippen molar-refractivity contribution >= 4 is 17.5 Å². The highest BCUT2D eigenvalue weighted by Gasteiger charge is 2.36. The molecule has 1 unspecified atom stereocenters. The van der Waals surface area contributed by atoms with Gasteiger partial charge in [0.25, 0.3) is 5.91 Å². The predicted octanol–water partition coefficient (Wildman–Crippen LogP) is 2.88. The molecule has 1 atom stereocenters. The van der Waals surface area contributed by atoms with Crippen LogP contribution in [0.3, 0.4) is 0 Å². The SMILES string of the molecule is Cc1cccc(Cl)c1C(=O)N1CCC(C(C)(C)O)C1. The Labute approximate surface area is 119 Å². The monoisotopic (exact) mass is 281 g/mol. The Morgan fingerprint density at radius 1 is 1.47 bits per heavy atom. The van der Waals surface area contributed by atoms with E-state index >= 15 is 0 Å². The Morgan fingerprint density at radius 2 is 2.16 bits per heavy atom. The summed E-state index contributed by atoms with van der Waals surface area (Å²) in [4.78, 5) is 14.3. The Balaban J connectivity index is 2.19. The quantitative estimate of drug-likeness (QED) is 0.905. The molecule has 1 fully saturated rings. The first-order valence-corrected chi connectivity index (χ1v) is 6.95. The number of nitrogens with zero attached hydrogens (tertiary/aromatic N) is 1. The number of likely N-dealkylation sites (tertiary alicyclic amines) is 1. The summed E-state index contributed by atoms with van der Waals surface area (Å²) in [6.07, 6.45) is 0.832. The van der Waals surface area contributed by atoms with Gasteiger partial charge >= 0.3 is 0 Å². The van der Waals surface area contributed by atoms with Gasteiger partial charge in [-0.25, -0.2) is 0 Å². The van der Waals surface area contributed by atoms with E-state index in [0.717, 1.165) is 12.0 Å². The molecule has 1 amide bonds. The van der Waals surface area contributed by atoms with E-state index in [9.17, 15) is 9.90 Å². The predicted molar refractivity (Wildman–Crippen MR) is 76.5 cm³/mol. The topological polar surface area (TPSA) is 40.5 Å². The first-order chi connectivity index (χ1) is 8.80. The van der Waals surface area contributed by atoms with Crippen molar-refractivity contribution in [3.63, 3.8) is 0 Å². The van der Waals surface area contributed by atoms with Crippen LogP contribution in [0.4, 0.5) is 0 Å². The fourth-order valence-electron chi connectivity index (χ4n) is 2.58. The number of aliphatic hydroxyl groups is 1. The van der Waals surface area contributed by atoms with Crippen LogP contribution in [0.25, 0.3) is 0 Å². The fourth-order valence-corrected chi connectivity index (χ4v) is 2.88. The van der Waals surface area contributed by atoms with Crippen LogP contribution in [0.15, 0.2) is 18.2 Å². The van der Waals surface area contributed by atoms with Crippen molar-refractivity contribution in [3.8, 4) is 0 Å². The van der Waals surface area contributed by atoms with Crippen LogP contribution in [-0.2, 0) is 0 Å². The molecule has 3 nitrogen and oxygen atoms in total. The van der Waals surface area contributed by atoms with Gasteiger partial charge in [-0.05, 0) is 38.8 Å². The lowest BCUT2D eigenvalue weighted by molar-refractivity contribution is 0.0211. The molecular weight excluding hydrogens is 262 g/mol. The summed E-state index contributed by atoms with van der Waals surface area (Å²) < 4.78 is 0. The van der Waals surface area contributed by atoms with Crippen LogP contribution in [0.1, 0.15) is 36.2 Å². The number of carbonyl (C=O) groups excluding carboxylic acids is 1. The molecule has 1 aliphatic heterocycles. The van der Waals surface area contributed by atoms with E-state index in [4.69, 9.17) is 11.6 Å². The molecule has 104 valence electrons. The number of rotatable bonds is 2. The highest BCUT2D eigenvalue weighted by molar-refractivity contribution is 6.34. The highest BCUT2D eigenvalue weighted by atomic mass is 35.5. The smallest absolute Gasteiger partial charge is 0.255 e. The van der Waals surface area contributed by atoms with Gasteiger partial charge in [-0.15, -0.1) is 0 Å². The minimum absolute atomic E-state index is 0.0325. The second-order valence-corrected chi connectivity index (χ2v) is 6.23. The van der Waals surface area contributed by atoms with Crippen molar-refractivity contribution in [1.29, 1.82) is 0 Å². The van der Waals surface area contributed by atoms with Crippen molar-refractivity contribution in [3.05, 3.63) is 34.3 Å². The molecule has 0 radical (unpaired) electrons. The van der Waals surface area contributed by atoms with E-state index in [0.29, 0.717) is 23.7 Å². The number of carbonyl (C=O) groups is 1. The molecule has 1 saturated heterocycles. The van der Waals surface area contributed by atoms with E-state index in [1.165, 1.54) is 0 Å². The van der Waals surface area contributed by atoms with Crippen LogP contribution in [-0.4, -0.2) is 34.6 Å². The second-order valence-electron chi connectivity index (χ2n) is 5.82. The lowest BCUT2D eigenvalue weighted by Crippen LogP contribution is -2.35. The third kappa shape index (κ3) is 2.93. The standard InChI is InChI=1S/C15H20ClNO2/c1-10-5-4-6-12(16)13(10)14(18)17-8-7-11(9-17)15(2,3)19/h4-6,11,19H,7-9H2,1-3H3. The summed E-state index contributed by atoms with van der Waals surface area (Å²) in [5.41, 5.74) is 0.731. The summed E-state index contributed by atoms with van der Waals surface area (Å²) >= 11 is 6.13. The van der Waals surface area contributed by atoms with Gasteiger partial charge < -0.3 is 10.0 Å². The molecule has 0 saturated carbocycles. The van der Waals surface area contributed by atoms with E-state index in [-0.39, 0.29) is 11.8 Å². The summed E-state index contributed by atoms with van der Waals surface area (Å²) in [7, 11) is 0. The van der Waals surface area contributed by atoms with Crippen LogP contribution in [0, 0.1) is 12.8 Å². The van der Waals surface area contributed by atoms with Gasteiger partial charge in [0.2, 0.25) is 0 Å². The molecule has 1 heterocycles. The summed E-state index contributed by atoms with van der Waals surface area (Å²) in [6, 6.07) is 5.48. The maximum Gasteiger partial charge on any atom is 0.255 e. The average Bonchev–Trinajstić information content (AvgIpc) is 2.77. The number of hydrogen-bond acceptors (Lipinski definition) is 2. The Bertz CT molecular complexity index is 473. The number of hydrogen-bond donors (Lipinski definition) is 1. The van der Waals surface area contributed by atoms with Crippen molar-refractivity contribution in [1.82, 2.24) is 4.90 Å². The molecule has 4 heteroatoms. The maximum absolute atomic E-state index is 12.5. The van der Waals surface area contributed by atoms with Crippen molar-refractivity contribution < 1.29 is 9.90 Å². The Kier molecular flexibility index (Phi) is 3.88. The summed E-state index contributed by atoms with van der Waals surface area (Å²) in [5, 5.41) is 10.5. The van der Waals surface area contributed by atoms with Crippen LogP contribution < -0.4 is 0 Å². The highest BCUT2D eigenvalue weighted by Crippen LogP contribution is 2.29. The van der Waals surface area contributed by atoms with Crippen molar-refractivity contribution in [2.75, 3.05) is 13.1 Å². The van der Waals surface area contributed by atoms with Gasteiger partial charge in [0.05, 0.1) is 16.2 Å². The number of halogens is 1. The van der Waals surface area contributed by atoms with E-state index in [1.807, 2.05) is 19.1 Å². The molecule has 19 heavy (non-hydrogen) atoms. The third-order valence-corrected chi connectivity index (χ3v) is 4.23. The number of amides is 1. The molecule has 1 aromatic carbocycles. The van der Waals surface area contributed by atoms with Gasteiger partial charge in [-0.1, -0.05) is 23.7 Å². The summed E-state index contributed by atoms with van der Waals surface area (Å²) in [5.74, 6) is 0.0918. The Hall–Kier alpha value is -1.06. The zero-order valence-corrected chi connectivity index (χ0v) is 12.4. The molecule has 1 aromatic rings. The third-order valence-electron chi connectivity index (χ3n) is 3.91. The van der Waals surface area contributed by atoms with Crippen LogP contribution in [0.5, 0.6) is 0 Å². The average molecular weight is 282 g/mol. The minimum Gasteiger partial charge on any atom is -0.390 e. The molecule has 1 aliphatic rings. The second kappa shape index (κ2) is 5.14. The van der Waals surface area contributed by atoms with Gasteiger partial charge in [-0.3, -0.25) is 4.79 Å². The van der Waals surface area contributed by atoms with Crippen molar-refractivity contribution in [2.24, 2.45) is 5.92 Å². The minimum atomic E-state index is -0.745. The lowest BCUT2D eigenvalue weighted by Gasteiger charge is -2.25. The zero-order valence-electron chi connectivity index (χ0n) is 11.6. The van der Waals surface area contributed by atoms with Crippen LogP contribution in [0.2, 0.25) is 5.02 Å². The first-order valence-electron chi connectivity index (χ1n) is 6.57. The molecule has 0 aromatic heterocycles. The lowest BCUT2D eigenvalue weighted by atomic mass is 9.90. The number of aryl methyl sites for hydroxylation is 1. The van der Waals surface area contributed by atoms with E-state index in [1.54, 1.807) is 24.8 Å². The van der Waals surface area contributed by atoms with E-state index in [2.05, 4.69) is 0 Å². The summed E-state index contributed by atoms with van der Waals surface area (Å²) in [6.45, 7) is 6.76. The molecule has 0 spiro atoms. The zero-order chi connectivity index (χ0) is 14.2. The molecule has 0 aliphatic carbocycles. The molecule has 2 rings (SSSR count). The van der Waals surface area contributed by atoms with Crippen LogP contribution >= 0.6 is 11.6 Å².